The summed E-state index contributed by atoms with van der Waals surface area (Å²) in [4.78, 5) is 27.1. The second-order valence-corrected chi connectivity index (χ2v) is 6.55. The second kappa shape index (κ2) is 7.53. The number of aromatic nitrogens is 1. The first-order valence-electron chi connectivity index (χ1n) is 8.15. The Morgan fingerprint density at radius 3 is 2.64 bits per heavy atom. The highest BCUT2D eigenvalue weighted by Gasteiger charge is 2.07. The number of pyridine rings is 1. The zero-order chi connectivity index (χ0) is 17.8. The molecule has 0 radical (unpaired) electrons. The number of aromatic amines is 1. The summed E-state index contributed by atoms with van der Waals surface area (Å²) in [5.41, 5.74) is 3.41. The summed E-state index contributed by atoms with van der Waals surface area (Å²) in [5.74, 6) is -0.0845. The molecule has 5 heteroatoms. The zero-order valence-electron chi connectivity index (χ0n) is 13.9. The molecule has 0 aliphatic heterocycles. The van der Waals surface area contributed by atoms with Crippen LogP contribution in [0.5, 0.6) is 0 Å². The average molecular weight is 355 g/mol. The van der Waals surface area contributed by atoms with Gasteiger partial charge in [-0.25, -0.2) is 0 Å². The van der Waals surface area contributed by atoms with Crippen molar-refractivity contribution >= 4 is 28.4 Å². The topological polar surface area (TPSA) is 62.0 Å². The quantitative estimate of drug-likeness (QED) is 0.733. The number of H-pyrrole nitrogens is 1. The predicted molar refractivity (Wildman–Crippen MR) is 101 cm³/mol. The van der Waals surface area contributed by atoms with E-state index < -0.39 is 0 Å². The van der Waals surface area contributed by atoms with Gasteiger partial charge in [0.25, 0.3) is 5.56 Å². The molecule has 1 aromatic heterocycles. The number of hydrogen-bond donors (Lipinski definition) is 2. The molecule has 128 valence electrons. The van der Waals surface area contributed by atoms with Crippen molar-refractivity contribution in [2.75, 3.05) is 0 Å². The molecule has 0 unspecified atom stereocenters. The molecule has 4 nitrogen and oxygen atoms in total. The Hall–Kier alpha value is -2.59. The fourth-order valence-electron chi connectivity index (χ4n) is 2.70. The van der Waals surface area contributed by atoms with E-state index in [0.29, 0.717) is 23.6 Å². The molecule has 0 saturated heterocycles. The Bertz CT molecular complexity index is 962. The van der Waals surface area contributed by atoms with E-state index >= 15 is 0 Å². The van der Waals surface area contributed by atoms with Crippen LogP contribution >= 0.6 is 11.6 Å². The van der Waals surface area contributed by atoms with E-state index in [4.69, 9.17) is 11.6 Å². The minimum atomic E-state index is -0.137. The van der Waals surface area contributed by atoms with E-state index in [-0.39, 0.29) is 17.9 Å². The van der Waals surface area contributed by atoms with Gasteiger partial charge in [-0.1, -0.05) is 35.4 Å². The number of fused-ring (bicyclic) bond motifs is 1. The first-order valence-corrected chi connectivity index (χ1v) is 8.53. The minimum absolute atomic E-state index is 0.0845. The number of halogens is 1. The van der Waals surface area contributed by atoms with Crippen LogP contribution < -0.4 is 10.9 Å². The molecule has 0 aliphatic rings. The number of carbonyl (C=O) groups is 1. The molecule has 3 rings (SSSR count). The number of aryl methyl sites for hydroxylation is 2. The number of hydrogen-bond acceptors (Lipinski definition) is 2. The van der Waals surface area contributed by atoms with Crippen molar-refractivity contribution in [3.63, 3.8) is 0 Å². The molecule has 2 N–H and O–H groups in total. The molecule has 25 heavy (non-hydrogen) atoms. The molecule has 3 aromatic rings. The lowest BCUT2D eigenvalue weighted by molar-refractivity contribution is -0.121. The first kappa shape index (κ1) is 17.2. The summed E-state index contributed by atoms with van der Waals surface area (Å²) < 4.78 is 0. The molecule has 0 saturated carbocycles. The SMILES string of the molecule is Cc1ccc2[nH]c(=O)c(CCC(=O)NCc3ccc(Cl)cc3)cc2c1. The minimum Gasteiger partial charge on any atom is -0.352 e. The smallest absolute Gasteiger partial charge is 0.251 e. The maximum Gasteiger partial charge on any atom is 0.251 e. The Kier molecular flexibility index (Phi) is 5.19. The number of rotatable bonds is 5. The van der Waals surface area contributed by atoms with Crippen LogP contribution in [0.15, 0.2) is 53.3 Å². The van der Waals surface area contributed by atoms with Crippen LogP contribution in [0.25, 0.3) is 10.9 Å². The lowest BCUT2D eigenvalue weighted by Crippen LogP contribution is -2.24. The molecule has 1 heterocycles. The predicted octanol–water partition coefficient (Wildman–Crippen LogP) is 3.74. The normalized spacial score (nSPS) is 10.8. The van der Waals surface area contributed by atoms with E-state index in [0.717, 1.165) is 22.0 Å². The largest absolute Gasteiger partial charge is 0.352 e. The summed E-state index contributed by atoms with van der Waals surface area (Å²) in [7, 11) is 0. The lowest BCUT2D eigenvalue weighted by atomic mass is 10.1. The Labute approximate surface area is 150 Å². The van der Waals surface area contributed by atoms with Gasteiger partial charge < -0.3 is 10.3 Å². The zero-order valence-corrected chi connectivity index (χ0v) is 14.7. The highest BCUT2D eigenvalue weighted by atomic mass is 35.5. The fourth-order valence-corrected chi connectivity index (χ4v) is 2.82. The van der Waals surface area contributed by atoms with Crippen molar-refractivity contribution in [2.24, 2.45) is 0 Å². The molecular formula is C20H19ClN2O2. The van der Waals surface area contributed by atoms with E-state index in [1.165, 1.54) is 0 Å². The molecule has 2 aromatic carbocycles. The lowest BCUT2D eigenvalue weighted by Gasteiger charge is -2.07. The number of amides is 1. The van der Waals surface area contributed by atoms with Crippen molar-refractivity contribution in [3.05, 3.63) is 80.6 Å². The summed E-state index contributed by atoms with van der Waals surface area (Å²) >= 11 is 5.84. The summed E-state index contributed by atoms with van der Waals surface area (Å²) in [6, 6.07) is 15.1. The van der Waals surface area contributed by atoms with Crippen LogP contribution in [0.1, 0.15) is 23.1 Å². The van der Waals surface area contributed by atoms with E-state index in [1.54, 1.807) is 12.1 Å². The van der Waals surface area contributed by atoms with Gasteiger partial charge in [0.1, 0.15) is 0 Å². The molecule has 0 spiro atoms. The van der Waals surface area contributed by atoms with Gasteiger partial charge in [0, 0.05) is 29.1 Å². The van der Waals surface area contributed by atoms with Crippen LogP contribution in [0.2, 0.25) is 5.02 Å². The number of benzene rings is 2. The average Bonchev–Trinajstić information content (AvgIpc) is 2.60. The van der Waals surface area contributed by atoms with E-state index in [9.17, 15) is 9.59 Å². The molecule has 0 aliphatic carbocycles. The van der Waals surface area contributed by atoms with Crippen LogP contribution in [0, 0.1) is 6.92 Å². The fraction of sp³-hybridized carbons (Fsp3) is 0.200. The third-order valence-corrected chi connectivity index (χ3v) is 4.35. The van der Waals surface area contributed by atoms with Crippen molar-refractivity contribution in [1.82, 2.24) is 10.3 Å². The van der Waals surface area contributed by atoms with Gasteiger partial charge in [-0.05, 0) is 54.6 Å². The Morgan fingerprint density at radius 2 is 1.88 bits per heavy atom. The van der Waals surface area contributed by atoms with Gasteiger partial charge in [-0.2, -0.15) is 0 Å². The van der Waals surface area contributed by atoms with Crippen LogP contribution in [-0.2, 0) is 17.8 Å². The molecule has 0 fully saturated rings. The van der Waals surface area contributed by atoms with Gasteiger partial charge in [-0.3, -0.25) is 9.59 Å². The summed E-state index contributed by atoms with van der Waals surface area (Å²) in [5, 5.41) is 4.51. The number of carbonyl (C=O) groups excluding carboxylic acids is 1. The van der Waals surface area contributed by atoms with E-state index in [2.05, 4.69) is 10.3 Å². The maximum absolute atomic E-state index is 12.1. The maximum atomic E-state index is 12.1. The molecule has 0 atom stereocenters. The van der Waals surface area contributed by atoms with Gasteiger partial charge in [-0.15, -0.1) is 0 Å². The van der Waals surface area contributed by atoms with Crippen molar-refractivity contribution in [1.29, 1.82) is 0 Å². The van der Waals surface area contributed by atoms with Crippen molar-refractivity contribution in [3.8, 4) is 0 Å². The molecule has 0 bridgehead atoms. The molecular weight excluding hydrogens is 336 g/mol. The van der Waals surface area contributed by atoms with Gasteiger partial charge in [0.15, 0.2) is 0 Å². The van der Waals surface area contributed by atoms with Crippen molar-refractivity contribution < 1.29 is 4.79 Å². The second-order valence-electron chi connectivity index (χ2n) is 6.12. The van der Waals surface area contributed by atoms with Crippen LogP contribution in [-0.4, -0.2) is 10.9 Å². The van der Waals surface area contributed by atoms with Crippen molar-refractivity contribution in [2.45, 2.75) is 26.3 Å². The highest BCUT2D eigenvalue weighted by molar-refractivity contribution is 6.30. The summed E-state index contributed by atoms with van der Waals surface area (Å²) in [6.07, 6.45) is 0.680. The van der Waals surface area contributed by atoms with Crippen LogP contribution in [0.4, 0.5) is 0 Å². The van der Waals surface area contributed by atoms with E-state index in [1.807, 2.05) is 43.3 Å². The third kappa shape index (κ3) is 4.48. The Morgan fingerprint density at radius 1 is 1.12 bits per heavy atom. The monoisotopic (exact) mass is 354 g/mol. The Balaban J connectivity index is 1.61. The third-order valence-electron chi connectivity index (χ3n) is 4.10. The van der Waals surface area contributed by atoms with Gasteiger partial charge in [0.05, 0.1) is 0 Å². The standard InChI is InChI=1S/C20H19ClN2O2/c1-13-2-8-18-16(10-13)11-15(20(25)23-18)5-9-19(24)22-12-14-3-6-17(21)7-4-14/h2-4,6-8,10-11H,5,9,12H2,1H3,(H,22,24)(H,23,25). The summed E-state index contributed by atoms with van der Waals surface area (Å²) in [6.45, 7) is 2.46. The number of nitrogens with one attached hydrogen (secondary N) is 2. The molecule has 1 amide bonds. The van der Waals surface area contributed by atoms with Gasteiger partial charge >= 0.3 is 0 Å². The first-order chi connectivity index (χ1) is 12.0. The highest BCUT2D eigenvalue weighted by Crippen LogP contribution is 2.14. The van der Waals surface area contributed by atoms with Gasteiger partial charge in [0.2, 0.25) is 5.91 Å². The van der Waals surface area contributed by atoms with Crippen LogP contribution in [0.3, 0.4) is 0 Å².